The van der Waals surface area contributed by atoms with Gasteiger partial charge in [0.2, 0.25) is 5.91 Å². The Bertz CT molecular complexity index is 768. The number of carbonyl (C=O) groups is 2. The number of benzene rings is 2. The van der Waals surface area contributed by atoms with Gasteiger partial charge in [0.25, 0.3) is 5.91 Å². The third-order valence-corrected chi connectivity index (χ3v) is 4.75. The van der Waals surface area contributed by atoms with Crippen LogP contribution in [-0.2, 0) is 4.79 Å². The molecule has 0 heterocycles. The average molecular weight is 388 g/mol. The zero-order valence-electron chi connectivity index (χ0n) is 15.6. The topological polar surface area (TPSA) is 79.5 Å². The smallest absolute Gasteiger partial charge is 0.252 e. The molecule has 0 saturated carbocycles. The maximum atomic E-state index is 12.4. The lowest BCUT2D eigenvalue weighted by Crippen LogP contribution is -2.32. The zero-order valence-corrected chi connectivity index (χ0v) is 16.4. The van der Waals surface area contributed by atoms with Crippen molar-refractivity contribution in [2.45, 2.75) is 11.8 Å². The van der Waals surface area contributed by atoms with Crippen molar-refractivity contribution in [1.29, 1.82) is 0 Å². The van der Waals surface area contributed by atoms with Gasteiger partial charge in [-0.05, 0) is 30.8 Å². The van der Waals surface area contributed by atoms with Crippen LogP contribution in [0.1, 0.15) is 17.3 Å². The Hall–Kier alpha value is -2.51. The lowest BCUT2D eigenvalue weighted by atomic mass is 10.2. The van der Waals surface area contributed by atoms with E-state index in [1.165, 1.54) is 11.8 Å². The molecule has 0 aliphatic rings. The summed E-state index contributed by atoms with van der Waals surface area (Å²) in [5.74, 6) is 0.610. The summed E-state index contributed by atoms with van der Waals surface area (Å²) >= 11 is 1.34. The monoisotopic (exact) mass is 387 g/mol. The van der Waals surface area contributed by atoms with E-state index in [0.717, 1.165) is 18.0 Å². The van der Waals surface area contributed by atoms with Crippen LogP contribution < -0.4 is 20.7 Å². The van der Waals surface area contributed by atoms with Gasteiger partial charge in [-0.15, -0.1) is 11.8 Å². The molecule has 144 valence electrons. The van der Waals surface area contributed by atoms with Gasteiger partial charge in [0.15, 0.2) is 0 Å². The van der Waals surface area contributed by atoms with E-state index in [2.05, 4.69) is 16.0 Å². The highest BCUT2D eigenvalue weighted by Gasteiger charge is 2.12. The van der Waals surface area contributed by atoms with Gasteiger partial charge in [-0.1, -0.05) is 25.1 Å². The summed E-state index contributed by atoms with van der Waals surface area (Å²) in [5, 5.41) is 8.88. The molecule has 0 radical (unpaired) electrons. The second kappa shape index (κ2) is 11.3. The van der Waals surface area contributed by atoms with Crippen LogP contribution in [0.25, 0.3) is 0 Å². The van der Waals surface area contributed by atoms with Gasteiger partial charge in [-0.3, -0.25) is 9.59 Å². The number of carbonyl (C=O) groups excluding carboxylic acids is 2. The van der Waals surface area contributed by atoms with E-state index in [4.69, 9.17) is 4.74 Å². The molecule has 7 heteroatoms. The molecular weight excluding hydrogens is 362 g/mol. The average Bonchev–Trinajstić information content (AvgIpc) is 2.70. The zero-order chi connectivity index (χ0) is 19.5. The molecule has 0 spiro atoms. The molecule has 2 rings (SSSR count). The highest BCUT2D eigenvalue weighted by atomic mass is 32.2. The van der Waals surface area contributed by atoms with Gasteiger partial charge in [0.05, 0.1) is 18.4 Å². The molecule has 0 saturated heterocycles. The minimum absolute atomic E-state index is 0.135. The van der Waals surface area contributed by atoms with Crippen LogP contribution in [0.4, 0.5) is 5.69 Å². The van der Waals surface area contributed by atoms with Gasteiger partial charge in [-0.25, -0.2) is 0 Å². The van der Waals surface area contributed by atoms with E-state index in [-0.39, 0.29) is 17.6 Å². The molecule has 6 nitrogen and oxygen atoms in total. The number of ether oxygens (including phenoxy) is 1. The number of nitrogens with one attached hydrogen (secondary N) is 3. The largest absolute Gasteiger partial charge is 0.497 e. The summed E-state index contributed by atoms with van der Waals surface area (Å²) < 4.78 is 5.15. The molecule has 2 aromatic carbocycles. The van der Waals surface area contributed by atoms with Gasteiger partial charge < -0.3 is 20.7 Å². The maximum Gasteiger partial charge on any atom is 0.252 e. The summed E-state index contributed by atoms with van der Waals surface area (Å²) in [6, 6.07) is 14.5. The first-order valence-corrected chi connectivity index (χ1v) is 9.77. The molecule has 2 aromatic rings. The van der Waals surface area contributed by atoms with E-state index in [0.29, 0.717) is 23.5 Å². The van der Waals surface area contributed by atoms with Crippen molar-refractivity contribution in [3.8, 4) is 5.75 Å². The minimum atomic E-state index is -0.143. The van der Waals surface area contributed by atoms with Gasteiger partial charge in [0, 0.05) is 29.7 Å². The molecule has 2 amide bonds. The predicted octanol–water partition coefficient (Wildman–Crippen LogP) is 2.77. The normalized spacial score (nSPS) is 10.3. The van der Waals surface area contributed by atoms with Crippen molar-refractivity contribution >= 4 is 29.3 Å². The fraction of sp³-hybridized carbons (Fsp3) is 0.300. The molecule has 0 aliphatic heterocycles. The lowest BCUT2D eigenvalue weighted by Gasteiger charge is -2.11. The number of thioether (sulfide) groups is 1. The Morgan fingerprint density at radius 1 is 1.07 bits per heavy atom. The molecular formula is C20H25N3O3S. The summed E-state index contributed by atoms with van der Waals surface area (Å²) in [4.78, 5) is 25.4. The first kappa shape index (κ1) is 20.8. The highest BCUT2D eigenvalue weighted by molar-refractivity contribution is 8.00. The fourth-order valence-corrected chi connectivity index (χ4v) is 3.21. The van der Waals surface area contributed by atoms with Crippen molar-refractivity contribution in [3.63, 3.8) is 0 Å². The molecule has 0 unspecified atom stereocenters. The second-order valence-corrected chi connectivity index (χ2v) is 6.69. The van der Waals surface area contributed by atoms with Crippen molar-refractivity contribution in [2.75, 3.05) is 37.8 Å². The number of hydrogen-bond donors (Lipinski definition) is 3. The molecule has 0 atom stereocenters. The summed E-state index contributed by atoms with van der Waals surface area (Å²) in [6.07, 6.45) is 0. The number of amides is 2. The quantitative estimate of drug-likeness (QED) is 0.432. The van der Waals surface area contributed by atoms with Crippen LogP contribution in [0.3, 0.4) is 0 Å². The van der Waals surface area contributed by atoms with E-state index in [9.17, 15) is 9.59 Å². The Kier molecular flexibility index (Phi) is 8.67. The Balaban J connectivity index is 1.91. The molecule has 0 bridgehead atoms. The number of methoxy groups -OCH3 is 1. The molecule has 0 fully saturated rings. The lowest BCUT2D eigenvalue weighted by molar-refractivity contribution is -0.113. The van der Waals surface area contributed by atoms with Crippen LogP contribution in [0.15, 0.2) is 53.4 Å². The Labute approximate surface area is 164 Å². The summed E-state index contributed by atoms with van der Waals surface area (Å²) in [5.41, 5.74) is 1.25. The first-order chi connectivity index (χ1) is 13.1. The first-order valence-electron chi connectivity index (χ1n) is 8.78. The number of rotatable bonds is 10. The summed E-state index contributed by atoms with van der Waals surface area (Å²) in [7, 11) is 1.58. The van der Waals surface area contributed by atoms with Crippen LogP contribution in [-0.4, -0.2) is 44.3 Å². The molecule has 3 N–H and O–H groups in total. The van der Waals surface area contributed by atoms with Crippen LogP contribution in [0.2, 0.25) is 0 Å². The van der Waals surface area contributed by atoms with E-state index < -0.39 is 0 Å². The summed E-state index contributed by atoms with van der Waals surface area (Å²) in [6.45, 7) is 4.16. The Morgan fingerprint density at radius 2 is 1.89 bits per heavy atom. The van der Waals surface area contributed by atoms with Gasteiger partial charge in [-0.2, -0.15) is 0 Å². The van der Waals surface area contributed by atoms with Crippen LogP contribution in [0.5, 0.6) is 5.75 Å². The van der Waals surface area contributed by atoms with Crippen molar-refractivity contribution < 1.29 is 14.3 Å². The second-order valence-electron chi connectivity index (χ2n) is 5.67. The predicted molar refractivity (Wildman–Crippen MR) is 110 cm³/mol. The number of anilines is 1. The standard InChI is InChI=1S/C20H25N3O3S/c1-3-21-11-12-22-20(25)17-9-4-5-10-18(17)27-14-19(24)23-15-7-6-8-16(13-15)26-2/h4-10,13,21H,3,11-12,14H2,1-2H3,(H,22,25)(H,23,24). The van der Waals surface area contributed by atoms with E-state index >= 15 is 0 Å². The van der Waals surface area contributed by atoms with Crippen molar-refractivity contribution in [1.82, 2.24) is 10.6 Å². The van der Waals surface area contributed by atoms with Gasteiger partial charge >= 0.3 is 0 Å². The highest BCUT2D eigenvalue weighted by Crippen LogP contribution is 2.23. The molecule has 0 aromatic heterocycles. The SMILES string of the molecule is CCNCCNC(=O)c1ccccc1SCC(=O)Nc1cccc(OC)c1. The third-order valence-electron chi connectivity index (χ3n) is 3.68. The Morgan fingerprint density at radius 3 is 2.67 bits per heavy atom. The minimum Gasteiger partial charge on any atom is -0.497 e. The van der Waals surface area contributed by atoms with E-state index in [1.807, 2.05) is 37.3 Å². The number of likely N-dealkylation sites (N-methyl/N-ethyl adjacent to an activating group) is 1. The number of hydrogen-bond acceptors (Lipinski definition) is 5. The van der Waals surface area contributed by atoms with E-state index in [1.54, 1.807) is 25.3 Å². The van der Waals surface area contributed by atoms with Gasteiger partial charge in [0.1, 0.15) is 5.75 Å². The van der Waals surface area contributed by atoms with Crippen molar-refractivity contribution in [2.24, 2.45) is 0 Å². The molecule has 27 heavy (non-hydrogen) atoms. The van der Waals surface area contributed by atoms with Crippen LogP contribution in [0, 0.1) is 0 Å². The fourth-order valence-electron chi connectivity index (χ4n) is 2.36. The third kappa shape index (κ3) is 6.96. The van der Waals surface area contributed by atoms with Crippen molar-refractivity contribution in [3.05, 3.63) is 54.1 Å². The van der Waals surface area contributed by atoms with Crippen LogP contribution >= 0.6 is 11.8 Å². The maximum absolute atomic E-state index is 12.4. The molecule has 0 aliphatic carbocycles.